The lowest BCUT2D eigenvalue weighted by Crippen LogP contribution is -2.49. The highest BCUT2D eigenvalue weighted by molar-refractivity contribution is 7.44. The first-order valence-electron chi connectivity index (χ1n) is 20.0. The van der Waals surface area contributed by atoms with E-state index in [0.717, 1.165) is 16.7 Å². The van der Waals surface area contributed by atoms with Crippen molar-refractivity contribution in [1.29, 1.82) is 5.26 Å². The van der Waals surface area contributed by atoms with Gasteiger partial charge in [0.05, 0.1) is 65.4 Å². The molecule has 0 radical (unpaired) electrons. The van der Waals surface area contributed by atoms with Gasteiger partial charge in [-0.1, -0.05) is 54.6 Å². The average Bonchev–Trinajstić information content (AvgIpc) is 3.93. The van der Waals surface area contributed by atoms with Crippen LogP contribution in [0.3, 0.4) is 0 Å². The minimum atomic E-state index is -1.72. The third kappa shape index (κ3) is 8.60. The number of hydrogen-bond acceptors (Lipinski definition) is 13. The molecule has 16 heteroatoms. The lowest BCUT2D eigenvalue weighted by Gasteiger charge is -2.41. The molecule has 0 aliphatic carbocycles. The molecule has 1 unspecified atom stereocenters. The van der Waals surface area contributed by atoms with Gasteiger partial charge in [0.25, 0.3) is 14.5 Å². The van der Waals surface area contributed by atoms with Crippen molar-refractivity contribution in [1.82, 2.24) is 29.1 Å². The molecule has 2 aromatic heterocycles. The Morgan fingerprint density at radius 1 is 0.950 bits per heavy atom. The molecule has 2 bridgehead atoms. The van der Waals surface area contributed by atoms with Crippen LogP contribution in [0.2, 0.25) is 0 Å². The van der Waals surface area contributed by atoms with E-state index in [4.69, 9.17) is 37.7 Å². The first-order chi connectivity index (χ1) is 29.0. The molecule has 2 fully saturated rings. The van der Waals surface area contributed by atoms with E-state index in [1.165, 1.54) is 0 Å². The summed E-state index contributed by atoms with van der Waals surface area (Å²) >= 11 is 0. The normalized spacial score (nSPS) is 20.7. The van der Waals surface area contributed by atoms with E-state index in [-0.39, 0.29) is 44.3 Å². The minimum absolute atomic E-state index is 0.0301. The first kappa shape index (κ1) is 43.1. The Balaban J connectivity index is 1.36. The molecule has 7 rings (SSSR count). The minimum Gasteiger partial charge on any atom is -0.497 e. The molecule has 0 N–H and O–H groups in total. The van der Waals surface area contributed by atoms with Gasteiger partial charge in [0.1, 0.15) is 40.4 Å². The van der Waals surface area contributed by atoms with Crippen LogP contribution in [0.5, 0.6) is 11.5 Å². The summed E-state index contributed by atoms with van der Waals surface area (Å²) in [5, 5.41) is 9.47. The zero-order valence-corrected chi connectivity index (χ0v) is 36.2. The van der Waals surface area contributed by atoms with E-state index in [0.29, 0.717) is 22.7 Å². The second kappa shape index (κ2) is 18.7. The number of rotatable bonds is 19. The zero-order chi connectivity index (χ0) is 42.4. The van der Waals surface area contributed by atoms with Crippen LogP contribution in [0.15, 0.2) is 96.4 Å². The van der Waals surface area contributed by atoms with Crippen molar-refractivity contribution in [3.8, 4) is 17.6 Å². The molecule has 2 aliphatic heterocycles. The molecule has 4 heterocycles. The highest BCUT2D eigenvalue weighted by Gasteiger charge is 2.65. The summed E-state index contributed by atoms with van der Waals surface area (Å²) in [6.07, 6.45) is 3.13. The van der Waals surface area contributed by atoms with E-state index in [2.05, 4.69) is 65.5 Å². The van der Waals surface area contributed by atoms with Gasteiger partial charge in [0.15, 0.2) is 11.9 Å². The third-order valence-electron chi connectivity index (χ3n) is 10.5. The summed E-state index contributed by atoms with van der Waals surface area (Å²) in [5.74, 6) is 1.71. The number of hydrogen-bond donors (Lipinski definition) is 0. The smallest absolute Gasteiger partial charge is 0.259 e. The summed E-state index contributed by atoms with van der Waals surface area (Å²) in [6, 6.07) is 28.3. The number of benzene rings is 3. The molecule has 316 valence electrons. The second-order valence-electron chi connectivity index (χ2n) is 15.5. The molecule has 5 aromatic rings. The molecule has 0 amide bonds. The predicted molar refractivity (Wildman–Crippen MR) is 228 cm³/mol. The summed E-state index contributed by atoms with van der Waals surface area (Å²) in [6.45, 7) is 8.83. The average molecular weight is 837 g/mol. The molecule has 5 atom stereocenters. The van der Waals surface area contributed by atoms with Gasteiger partial charge >= 0.3 is 0 Å². The summed E-state index contributed by atoms with van der Waals surface area (Å²) in [4.78, 5) is 20.1. The van der Waals surface area contributed by atoms with Crippen LogP contribution < -0.4 is 9.47 Å². The number of nitriles is 1. The largest absolute Gasteiger partial charge is 0.497 e. The van der Waals surface area contributed by atoms with Crippen LogP contribution in [-0.4, -0.2) is 113 Å². The standard InChI is InChI=1S/C44H53N8O7P/c1-30(2)52(31(3)4)60(57-24-12-23-45)59-39-38-41(51-29-47-37-25-46-42(49-40(37)51)48-28-50(5)6)58-43(39,26-55-38)27-56-44(32-13-10-9-11-14-32,33-15-19-35(53-7)20-16-33)34-17-21-36(54-8)22-18-34/h9-11,13-22,25,28-31,38-39,41H,12,24,26-27H2,1-8H3/t38-,39+,41-,43-,60?/m1/s1. The number of imidazole rings is 1. The van der Waals surface area contributed by atoms with Crippen molar-refractivity contribution in [2.24, 2.45) is 4.99 Å². The van der Waals surface area contributed by atoms with Crippen LogP contribution >= 0.6 is 8.53 Å². The molecule has 0 saturated carbocycles. The van der Waals surface area contributed by atoms with Gasteiger partial charge in [-0.15, -0.1) is 0 Å². The monoisotopic (exact) mass is 836 g/mol. The number of nitrogens with zero attached hydrogens (tertiary/aromatic N) is 8. The topological polar surface area (TPSA) is 151 Å². The number of fused-ring (bicyclic) bond motifs is 3. The maximum absolute atomic E-state index is 9.47. The fraction of sp³-hybridized carbons (Fsp3) is 0.432. The number of methoxy groups -OCH3 is 2. The van der Waals surface area contributed by atoms with Crippen molar-refractivity contribution in [2.45, 2.75) is 75.8 Å². The molecule has 60 heavy (non-hydrogen) atoms. The van der Waals surface area contributed by atoms with Crippen LogP contribution in [0.4, 0.5) is 5.95 Å². The van der Waals surface area contributed by atoms with Gasteiger partial charge in [-0.2, -0.15) is 10.2 Å². The number of aromatic nitrogens is 4. The molecule has 3 aromatic carbocycles. The Morgan fingerprint density at radius 2 is 1.58 bits per heavy atom. The lowest BCUT2D eigenvalue weighted by atomic mass is 9.79. The number of ether oxygens (including phenoxy) is 5. The maximum Gasteiger partial charge on any atom is 0.259 e. The Morgan fingerprint density at radius 3 is 2.17 bits per heavy atom. The Hall–Kier alpha value is -5.04. The molecule has 0 spiro atoms. The van der Waals surface area contributed by atoms with Crippen LogP contribution in [-0.2, 0) is 28.9 Å². The SMILES string of the molecule is COc1ccc(C(OC[C@@]23CO[C@@H]([C@H](n4cnc5cnc(N=CN(C)C)nc54)O2)[C@@H]3OP(OCCC#N)N(C(C)C)C(C)C)(c2ccccc2)c2ccc(OC)cc2)cc1. The predicted octanol–water partition coefficient (Wildman–Crippen LogP) is 7.40. The van der Waals surface area contributed by atoms with Gasteiger partial charge < -0.3 is 37.6 Å². The zero-order valence-electron chi connectivity index (χ0n) is 35.3. The van der Waals surface area contributed by atoms with Crippen molar-refractivity contribution in [2.75, 3.05) is 48.1 Å². The van der Waals surface area contributed by atoms with Crippen LogP contribution in [0, 0.1) is 11.3 Å². The second-order valence-corrected chi connectivity index (χ2v) is 16.9. The van der Waals surface area contributed by atoms with Crippen molar-refractivity contribution in [3.05, 3.63) is 108 Å². The van der Waals surface area contributed by atoms with Crippen LogP contribution in [0.1, 0.15) is 57.0 Å². The Bertz CT molecular complexity index is 2200. The van der Waals surface area contributed by atoms with E-state index in [1.807, 2.05) is 90.3 Å². The molecule has 2 aliphatic rings. The molecule has 2 saturated heterocycles. The Labute approximate surface area is 352 Å². The molecular formula is C44H53N8O7P. The quantitative estimate of drug-likeness (QED) is 0.0267. The van der Waals surface area contributed by atoms with E-state index in [9.17, 15) is 5.26 Å². The summed E-state index contributed by atoms with van der Waals surface area (Å²) < 4.78 is 50.4. The van der Waals surface area contributed by atoms with Gasteiger partial charge in [-0.25, -0.2) is 19.6 Å². The van der Waals surface area contributed by atoms with Crippen molar-refractivity contribution >= 4 is 32.0 Å². The summed E-state index contributed by atoms with van der Waals surface area (Å²) in [7, 11) is 5.34. The number of aliphatic imine (C=N–C) groups is 1. The molecular weight excluding hydrogens is 784 g/mol. The fourth-order valence-electron chi connectivity index (χ4n) is 7.80. The van der Waals surface area contributed by atoms with E-state index in [1.54, 1.807) is 33.1 Å². The van der Waals surface area contributed by atoms with Crippen molar-refractivity contribution < 1.29 is 32.7 Å². The summed E-state index contributed by atoms with van der Waals surface area (Å²) in [5.41, 5.74) is 1.42. The maximum atomic E-state index is 9.47. The third-order valence-corrected chi connectivity index (χ3v) is 12.6. The first-order valence-corrected chi connectivity index (χ1v) is 21.1. The highest BCUT2D eigenvalue weighted by Crippen LogP contribution is 2.56. The van der Waals surface area contributed by atoms with Gasteiger partial charge in [0, 0.05) is 26.2 Å². The van der Waals surface area contributed by atoms with Gasteiger partial charge in [-0.3, -0.25) is 4.57 Å². The van der Waals surface area contributed by atoms with Crippen molar-refractivity contribution in [3.63, 3.8) is 0 Å². The lowest BCUT2D eigenvalue weighted by molar-refractivity contribution is -0.202. The van der Waals surface area contributed by atoms with Gasteiger partial charge in [-0.05, 0) is 68.7 Å². The van der Waals surface area contributed by atoms with E-state index >= 15 is 0 Å². The van der Waals surface area contributed by atoms with Crippen LogP contribution in [0.25, 0.3) is 11.2 Å². The molecule has 15 nitrogen and oxygen atoms in total. The highest BCUT2D eigenvalue weighted by atomic mass is 31.2. The Kier molecular flexibility index (Phi) is 13.4. The fourth-order valence-corrected chi connectivity index (χ4v) is 9.62. The van der Waals surface area contributed by atoms with E-state index < -0.39 is 38.2 Å². The van der Waals surface area contributed by atoms with Gasteiger partial charge in [0.2, 0.25) is 0 Å².